The fraction of sp³-hybridized carbons (Fsp3) is 0.500. The zero-order chi connectivity index (χ0) is 5.98. The second-order valence-electron chi connectivity index (χ2n) is 1.90. The normalized spacial score (nSPS) is 18.1. The van der Waals surface area contributed by atoms with Gasteiger partial charge in [-0.15, -0.1) is 0 Å². The fourth-order valence-electron chi connectivity index (χ4n) is 0.718. The first-order chi connectivity index (χ1) is 3.83. The van der Waals surface area contributed by atoms with Gasteiger partial charge in [-0.3, -0.25) is 0 Å². The summed E-state index contributed by atoms with van der Waals surface area (Å²) in [5.41, 5.74) is 1.41. The molecule has 1 heterocycles. The minimum atomic E-state index is 0.960. The van der Waals surface area contributed by atoms with E-state index >= 15 is 0 Å². The molecule has 44 valence electrons. The van der Waals surface area contributed by atoms with Crippen LogP contribution in [0.5, 0.6) is 0 Å². The van der Waals surface area contributed by atoms with Gasteiger partial charge < -0.3 is 5.32 Å². The smallest absolute Gasteiger partial charge is 0.0834 e. The largest absolute Gasteiger partial charge is 0.356 e. The lowest BCUT2D eigenvalue weighted by atomic mass is 10.2. The van der Waals surface area contributed by atoms with Crippen LogP contribution in [0.2, 0.25) is 0 Å². The maximum atomic E-state index is 4.90. The number of hydrogen-bond acceptors (Lipinski definition) is 1. The fourth-order valence-corrected chi connectivity index (χ4v) is 0.962. The Kier molecular flexibility index (Phi) is 1.63. The lowest BCUT2D eigenvalue weighted by Crippen LogP contribution is -2.05. The van der Waals surface area contributed by atoms with Gasteiger partial charge in [-0.1, -0.05) is 19.1 Å². The minimum absolute atomic E-state index is 0.960. The molecule has 8 heavy (non-hydrogen) atoms. The van der Waals surface area contributed by atoms with Crippen LogP contribution in [-0.4, -0.2) is 4.99 Å². The predicted molar refractivity (Wildman–Crippen MR) is 38.7 cm³/mol. The van der Waals surface area contributed by atoms with Gasteiger partial charge in [0.1, 0.15) is 0 Å². The maximum absolute atomic E-state index is 4.90. The van der Waals surface area contributed by atoms with Crippen LogP contribution in [0.15, 0.2) is 11.8 Å². The average Bonchev–Trinajstić information content (AvgIpc) is 2.14. The van der Waals surface area contributed by atoms with E-state index in [-0.39, 0.29) is 0 Å². The van der Waals surface area contributed by atoms with Crippen LogP contribution in [0.3, 0.4) is 0 Å². The van der Waals surface area contributed by atoms with Crippen LogP contribution in [-0.2, 0) is 0 Å². The molecule has 2 heteroatoms. The molecule has 0 bridgehead atoms. The van der Waals surface area contributed by atoms with Gasteiger partial charge in [0.2, 0.25) is 0 Å². The minimum Gasteiger partial charge on any atom is -0.356 e. The highest BCUT2D eigenvalue weighted by Crippen LogP contribution is 2.10. The molecule has 1 rings (SSSR count). The zero-order valence-corrected chi connectivity index (χ0v) is 5.72. The van der Waals surface area contributed by atoms with Gasteiger partial charge in [-0.2, -0.15) is 0 Å². The lowest BCUT2D eigenvalue weighted by molar-refractivity contribution is 1.07. The molecule has 0 saturated heterocycles. The van der Waals surface area contributed by atoms with Crippen molar-refractivity contribution in [2.45, 2.75) is 19.8 Å². The average molecular weight is 127 g/mol. The molecule has 0 atom stereocenters. The van der Waals surface area contributed by atoms with E-state index in [0.717, 1.165) is 17.8 Å². The van der Waals surface area contributed by atoms with E-state index in [1.807, 2.05) is 6.20 Å². The number of nitrogens with one attached hydrogen (secondary N) is 1. The molecule has 0 radical (unpaired) electrons. The molecule has 0 spiro atoms. The lowest BCUT2D eigenvalue weighted by Gasteiger charge is -1.88. The van der Waals surface area contributed by atoms with E-state index in [9.17, 15) is 0 Å². The first-order valence-electron chi connectivity index (χ1n) is 2.80. The van der Waals surface area contributed by atoms with Crippen molar-refractivity contribution in [2.24, 2.45) is 0 Å². The van der Waals surface area contributed by atoms with Crippen molar-refractivity contribution in [3.05, 3.63) is 11.8 Å². The van der Waals surface area contributed by atoms with Crippen LogP contribution in [0, 0.1) is 0 Å². The van der Waals surface area contributed by atoms with Crippen LogP contribution in [0.4, 0.5) is 0 Å². The Morgan fingerprint density at radius 3 is 2.88 bits per heavy atom. The Hall–Kier alpha value is -0.370. The number of rotatable bonds is 1. The first-order valence-corrected chi connectivity index (χ1v) is 3.21. The van der Waals surface area contributed by atoms with Gasteiger partial charge in [0, 0.05) is 12.6 Å². The van der Waals surface area contributed by atoms with Crippen LogP contribution in [0.25, 0.3) is 0 Å². The Bertz CT molecular complexity index is 137. The molecule has 0 aromatic carbocycles. The standard InChI is InChI=1S/C6H9NS/c1-2-5-3-6(8)7-4-5/h4H,2-3H2,1H3,(H,7,8). The maximum Gasteiger partial charge on any atom is 0.0834 e. The summed E-state index contributed by atoms with van der Waals surface area (Å²) < 4.78 is 0. The van der Waals surface area contributed by atoms with E-state index in [0.29, 0.717) is 0 Å². The van der Waals surface area contributed by atoms with Crippen molar-refractivity contribution in [3.8, 4) is 0 Å². The molecular formula is C6H9NS. The highest BCUT2D eigenvalue weighted by atomic mass is 32.1. The molecule has 0 unspecified atom stereocenters. The second-order valence-corrected chi connectivity index (χ2v) is 2.39. The Morgan fingerprint density at radius 2 is 2.62 bits per heavy atom. The summed E-state index contributed by atoms with van der Waals surface area (Å²) in [5.74, 6) is 0. The van der Waals surface area contributed by atoms with Crippen molar-refractivity contribution in [1.29, 1.82) is 0 Å². The van der Waals surface area contributed by atoms with Gasteiger partial charge in [0.05, 0.1) is 4.99 Å². The van der Waals surface area contributed by atoms with Crippen LogP contribution < -0.4 is 5.32 Å². The van der Waals surface area contributed by atoms with Gasteiger partial charge in [0.25, 0.3) is 0 Å². The quantitative estimate of drug-likeness (QED) is 0.537. The molecule has 0 aliphatic carbocycles. The predicted octanol–water partition coefficient (Wildman–Crippen LogP) is 1.60. The second kappa shape index (κ2) is 2.27. The van der Waals surface area contributed by atoms with Crippen molar-refractivity contribution < 1.29 is 0 Å². The zero-order valence-electron chi connectivity index (χ0n) is 4.90. The third-order valence-electron chi connectivity index (χ3n) is 1.28. The van der Waals surface area contributed by atoms with Crippen molar-refractivity contribution in [1.82, 2.24) is 5.32 Å². The third kappa shape index (κ3) is 1.07. The molecule has 1 aliphatic rings. The van der Waals surface area contributed by atoms with E-state index < -0.39 is 0 Å². The van der Waals surface area contributed by atoms with Gasteiger partial charge >= 0.3 is 0 Å². The summed E-state index contributed by atoms with van der Waals surface area (Å²) in [6.07, 6.45) is 4.10. The molecule has 1 nitrogen and oxygen atoms in total. The number of thiocarbonyl (C=S) groups is 1. The molecule has 0 fully saturated rings. The highest BCUT2D eigenvalue weighted by Gasteiger charge is 2.04. The first kappa shape index (κ1) is 5.76. The molecule has 1 aliphatic heterocycles. The number of hydrogen-bond donors (Lipinski definition) is 1. The van der Waals surface area contributed by atoms with Crippen molar-refractivity contribution in [2.75, 3.05) is 0 Å². The van der Waals surface area contributed by atoms with Crippen molar-refractivity contribution in [3.63, 3.8) is 0 Å². The SMILES string of the molecule is CCC1=CNC(=S)C1. The topological polar surface area (TPSA) is 12.0 Å². The molecule has 0 aromatic rings. The summed E-state index contributed by atoms with van der Waals surface area (Å²) in [6, 6.07) is 0. The monoisotopic (exact) mass is 127 g/mol. The van der Waals surface area contributed by atoms with E-state index in [1.165, 1.54) is 5.57 Å². The summed E-state index contributed by atoms with van der Waals surface area (Å²) in [4.78, 5) is 0.960. The Morgan fingerprint density at radius 1 is 1.88 bits per heavy atom. The van der Waals surface area contributed by atoms with Crippen molar-refractivity contribution >= 4 is 17.2 Å². The molecule has 1 N–H and O–H groups in total. The Balaban J connectivity index is 2.49. The summed E-state index contributed by atoms with van der Waals surface area (Å²) >= 11 is 4.90. The van der Waals surface area contributed by atoms with Gasteiger partial charge in [-0.05, 0) is 12.0 Å². The van der Waals surface area contributed by atoms with Crippen LogP contribution >= 0.6 is 12.2 Å². The Labute approximate surface area is 54.8 Å². The molecule has 0 amide bonds. The van der Waals surface area contributed by atoms with E-state index in [2.05, 4.69) is 12.2 Å². The highest BCUT2D eigenvalue weighted by molar-refractivity contribution is 7.80. The third-order valence-corrected chi connectivity index (χ3v) is 1.54. The molecular weight excluding hydrogens is 118 g/mol. The van der Waals surface area contributed by atoms with Gasteiger partial charge in [-0.25, -0.2) is 0 Å². The van der Waals surface area contributed by atoms with E-state index in [4.69, 9.17) is 12.2 Å². The molecule has 0 aromatic heterocycles. The van der Waals surface area contributed by atoms with Crippen LogP contribution in [0.1, 0.15) is 19.8 Å². The van der Waals surface area contributed by atoms with E-state index in [1.54, 1.807) is 0 Å². The molecule has 0 saturated carbocycles. The summed E-state index contributed by atoms with van der Waals surface area (Å²) in [6.45, 7) is 2.14. The summed E-state index contributed by atoms with van der Waals surface area (Å²) in [5, 5.41) is 2.99. The summed E-state index contributed by atoms with van der Waals surface area (Å²) in [7, 11) is 0. The van der Waals surface area contributed by atoms with Gasteiger partial charge in [0.15, 0.2) is 0 Å².